The van der Waals surface area contributed by atoms with Crippen LogP contribution in [0.1, 0.15) is 46.0 Å². The van der Waals surface area contributed by atoms with E-state index in [0.717, 1.165) is 19.3 Å². The molecule has 3 nitrogen and oxygen atoms in total. The fraction of sp³-hybridized carbons (Fsp3) is 0.875. The van der Waals surface area contributed by atoms with Crippen molar-refractivity contribution in [3.63, 3.8) is 0 Å². The highest BCUT2D eigenvalue weighted by atomic mass is 28.3. The first-order valence-corrected chi connectivity index (χ1v) is 11.5. The second-order valence-electron chi connectivity index (χ2n) is 7.33. The van der Waals surface area contributed by atoms with Crippen LogP contribution in [0, 0.1) is 11.8 Å². The summed E-state index contributed by atoms with van der Waals surface area (Å²) in [7, 11) is -1.27. The molecule has 0 bridgehead atoms. The standard InChI is InChI=1S/C16H30O3Si/c1-6-19-16(18)8-7-13-10-14(17)11-15(9-12(13)2)20(3,4)5/h12-13,15H,6-11H2,1-5H3/t12-,13+,15-/m0/s1. The zero-order chi connectivity index (χ0) is 15.3. The average Bonchev–Trinajstić information content (AvgIpc) is 2.46. The van der Waals surface area contributed by atoms with Crippen molar-refractivity contribution in [1.82, 2.24) is 0 Å². The largest absolute Gasteiger partial charge is 0.466 e. The van der Waals surface area contributed by atoms with Crippen molar-refractivity contribution in [1.29, 1.82) is 0 Å². The summed E-state index contributed by atoms with van der Waals surface area (Å²) >= 11 is 0. The van der Waals surface area contributed by atoms with E-state index in [2.05, 4.69) is 26.6 Å². The summed E-state index contributed by atoms with van der Waals surface area (Å²) in [4.78, 5) is 23.7. The topological polar surface area (TPSA) is 43.4 Å². The molecule has 0 aromatic carbocycles. The molecule has 20 heavy (non-hydrogen) atoms. The third kappa shape index (κ3) is 5.39. The van der Waals surface area contributed by atoms with E-state index in [1.54, 1.807) is 0 Å². The van der Waals surface area contributed by atoms with Crippen molar-refractivity contribution >= 4 is 19.8 Å². The van der Waals surface area contributed by atoms with Crippen molar-refractivity contribution in [2.45, 2.75) is 71.1 Å². The molecule has 0 aliphatic heterocycles. The minimum absolute atomic E-state index is 0.127. The first kappa shape index (κ1) is 17.4. The third-order valence-electron chi connectivity index (χ3n) is 4.67. The minimum atomic E-state index is -1.27. The van der Waals surface area contributed by atoms with E-state index < -0.39 is 8.07 Å². The molecule has 0 aromatic heterocycles. The van der Waals surface area contributed by atoms with Crippen LogP contribution in [-0.4, -0.2) is 26.4 Å². The molecule has 116 valence electrons. The van der Waals surface area contributed by atoms with Crippen LogP contribution in [0.2, 0.25) is 25.2 Å². The van der Waals surface area contributed by atoms with Gasteiger partial charge < -0.3 is 4.74 Å². The van der Waals surface area contributed by atoms with Gasteiger partial charge in [0, 0.05) is 27.3 Å². The number of ether oxygens (including phenoxy) is 1. The second kappa shape index (κ2) is 7.39. The zero-order valence-electron chi connectivity index (χ0n) is 13.7. The number of Topliss-reactive ketones (excluding diaryl/α,β-unsaturated/α-hetero) is 1. The van der Waals surface area contributed by atoms with Gasteiger partial charge in [-0.3, -0.25) is 9.59 Å². The lowest BCUT2D eigenvalue weighted by atomic mass is 9.86. The maximum Gasteiger partial charge on any atom is 0.305 e. The van der Waals surface area contributed by atoms with Crippen LogP contribution in [-0.2, 0) is 14.3 Å². The van der Waals surface area contributed by atoms with Gasteiger partial charge in [0.2, 0.25) is 0 Å². The van der Waals surface area contributed by atoms with Crippen LogP contribution in [0.5, 0.6) is 0 Å². The summed E-state index contributed by atoms with van der Waals surface area (Å²) in [5.74, 6) is 1.16. The Kier molecular flexibility index (Phi) is 6.43. The van der Waals surface area contributed by atoms with Crippen molar-refractivity contribution in [3.05, 3.63) is 0 Å². The van der Waals surface area contributed by atoms with Crippen molar-refractivity contribution in [3.8, 4) is 0 Å². The highest BCUT2D eigenvalue weighted by Crippen LogP contribution is 2.40. The summed E-state index contributed by atoms with van der Waals surface area (Å²) in [6.45, 7) is 11.6. The Morgan fingerprint density at radius 3 is 2.50 bits per heavy atom. The Labute approximate surface area is 124 Å². The summed E-state index contributed by atoms with van der Waals surface area (Å²) in [6, 6.07) is 0. The van der Waals surface area contributed by atoms with Gasteiger partial charge in [0.25, 0.3) is 0 Å². The van der Waals surface area contributed by atoms with E-state index in [-0.39, 0.29) is 5.97 Å². The van der Waals surface area contributed by atoms with Crippen LogP contribution in [0.25, 0.3) is 0 Å². The summed E-state index contributed by atoms with van der Waals surface area (Å²) < 4.78 is 4.98. The van der Waals surface area contributed by atoms with Gasteiger partial charge in [-0.2, -0.15) is 0 Å². The molecule has 0 spiro atoms. The van der Waals surface area contributed by atoms with Crippen LogP contribution in [0.4, 0.5) is 0 Å². The van der Waals surface area contributed by atoms with Crippen molar-refractivity contribution < 1.29 is 14.3 Å². The van der Waals surface area contributed by atoms with Gasteiger partial charge in [-0.1, -0.05) is 26.6 Å². The lowest BCUT2D eigenvalue weighted by Crippen LogP contribution is -2.30. The summed E-state index contributed by atoms with van der Waals surface area (Å²) in [5, 5.41) is 0. The fourth-order valence-corrected chi connectivity index (χ4v) is 5.08. The normalized spacial score (nSPS) is 28.1. The molecule has 0 saturated heterocycles. The highest BCUT2D eigenvalue weighted by Gasteiger charge is 2.35. The van der Waals surface area contributed by atoms with Gasteiger partial charge in [-0.05, 0) is 37.1 Å². The maximum atomic E-state index is 12.2. The monoisotopic (exact) mass is 298 g/mol. The van der Waals surface area contributed by atoms with E-state index in [1.807, 2.05) is 6.92 Å². The Hall–Kier alpha value is -0.643. The number of hydrogen-bond donors (Lipinski definition) is 0. The third-order valence-corrected chi connectivity index (χ3v) is 7.56. The van der Waals surface area contributed by atoms with Gasteiger partial charge >= 0.3 is 5.97 Å². The Morgan fingerprint density at radius 2 is 1.95 bits per heavy atom. The maximum absolute atomic E-state index is 12.2. The number of esters is 1. The fourth-order valence-electron chi connectivity index (χ4n) is 3.16. The Bertz CT molecular complexity index is 346. The molecule has 1 aliphatic carbocycles. The van der Waals surface area contributed by atoms with Crippen LogP contribution in [0.3, 0.4) is 0 Å². The molecule has 1 rings (SSSR count). The van der Waals surface area contributed by atoms with E-state index in [9.17, 15) is 9.59 Å². The molecule has 0 aromatic rings. The molecule has 0 N–H and O–H groups in total. The first-order valence-electron chi connectivity index (χ1n) is 7.91. The zero-order valence-corrected chi connectivity index (χ0v) is 14.7. The molecular weight excluding hydrogens is 268 g/mol. The quantitative estimate of drug-likeness (QED) is 0.437. The number of carbonyl (C=O) groups excluding carboxylic acids is 2. The second-order valence-corrected chi connectivity index (χ2v) is 12.9. The first-order chi connectivity index (χ1) is 9.24. The van der Waals surface area contributed by atoms with Gasteiger partial charge in [0.05, 0.1) is 6.61 Å². The lowest BCUT2D eigenvalue weighted by Gasteiger charge is -2.30. The molecule has 4 heteroatoms. The van der Waals surface area contributed by atoms with Gasteiger partial charge in [-0.25, -0.2) is 0 Å². The van der Waals surface area contributed by atoms with Crippen LogP contribution >= 0.6 is 0 Å². The molecule has 1 aliphatic rings. The van der Waals surface area contributed by atoms with E-state index in [4.69, 9.17) is 4.74 Å². The lowest BCUT2D eigenvalue weighted by molar-refractivity contribution is -0.143. The number of ketones is 1. The summed E-state index contributed by atoms with van der Waals surface area (Å²) in [6.07, 6.45) is 3.81. The number of rotatable bonds is 5. The smallest absolute Gasteiger partial charge is 0.305 e. The molecule has 1 fully saturated rings. The van der Waals surface area contributed by atoms with Crippen molar-refractivity contribution in [2.24, 2.45) is 11.8 Å². The van der Waals surface area contributed by atoms with E-state index in [1.165, 1.54) is 0 Å². The molecule has 3 atom stereocenters. The van der Waals surface area contributed by atoms with Gasteiger partial charge in [0.15, 0.2) is 0 Å². The number of hydrogen-bond acceptors (Lipinski definition) is 3. The number of carbonyl (C=O) groups is 2. The van der Waals surface area contributed by atoms with Crippen molar-refractivity contribution in [2.75, 3.05) is 6.61 Å². The molecule has 0 heterocycles. The highest BCUT2D eigenvalue weighted by molar-refractivity contribution is 6.77. The molecule has 0 amide bonds. The minimum Gasteiger partial charge on any atom is -0.466 e. The summed E-state index contributed by atoms with van der Waals surface area (Å²) in [5.41, 5.74) is 0.595. The molecular formula is C16H30O3Si. The predicted molar refractivity (Wildman–Crippen MR) is 84.5 cm³/mol. The Balaban J connectivity index is 2.61. The van der Waals surface area contributed by atoms with Gasteiger partial charge in [0.1, 0.15) is 5.78 Å². The predicted octanol–water partition coefficient (Wildman–Crippen LogP) is 4.04. The van der Waals surface area contributed by atoms with Crippen LogP contribution < -0.4 is 0 Å². The average molecular weight is 298 g/mol. The van der Waals surface area contributed by atoms with E-state index in [0.29, 0.717) is 42.6 Å². The molecule has 1 saturated carbocycles. The SMILES string of the molecule is CCOC(=O)CC[C@@H]1CC(=O)C[C@@H]([Si](C)(C)C)C[C@@H]1C. The molecule has 0 radical (unpaired) electrons. The van der Waals surface area contributed by atoms with Gasteiger partial charge in [-0.15, -0.1) is 0 Å². The van der Waals surface area contributed by atoms with Crippen LogP contribution in [0.15, 0.2) is 0 Å². The van der Waals surface area contributed by atoms with E-state index >= 15 is 0 Å². The Morgan fingerprint density at radius 1 is 1.30 bits per heavy atom. The molecule has 0 unspecified atom stereocenters.